The molecular weight excluding hydrogens is 168 g/mol. The van der Waals surface area contributed by atoms with Gasteiger partial charge in [-0.15, -0.1) is 0 Å². The van der Waals surface area contributed by atoms with E-state index in [1.807, 2.05) is 13.8 Å². The number of fused-ring (bicyclic) bond motifs is 1. The molecule has 0 unspecified atom stereocenters. The van der Waals surface area contributed by atoms with Crippen LogP contribution in [0.3, 0.4) is 0 Å². The molecule has 2 heterocycles. The minimum Gasteiger partial charge on any atom is -0.439 e. The van der Waals surface area contributed by atoms with E-state index in [1.54, 1.807) is 6.07 Å². The van der Waals surface area contributed by atoms with Crippen molar-refractivity contribution < 1.29 is 4.42 Å². The lowest BCUT2D eigenvalue weighted by Gasteiger charge is -1.93. The number of H-pyrrole nitrogens is 1. The second kappa shape index (κ2) is 2.73. The standard InChI is InChI=1S/C9H10N2O2/c1-5(2)9-11-8-6(13-9)3-4-7(12)10-8/h3-5H,1-2H3,(H,10,12). The van der Waals surface area contributed by atoms with Crippen LogP contribution in [0.15, 0.2) is 21.3 Å². The molecule has 0 aliphatic rings. The second-order valence-corrected chi connectivity index (χ2v) is 3.24. The lowest BCUT2D eigenvalue weighted by Crippen LogP contribution is -2.01. The van der Waals surface area contributed by atoms with E-state index in [0.717, 1.165) is 0 Å². The summed E-state index contributed by atoms with van der Waals surface area (Å²) in [6.07, 6.45) is 0. The summed E-state index contributed by atoms with van der Waals surface area (Å²) in [5, 5.41) is 0. The van der Waals surface area contributed by atoms with Gasteiger partial charge in [-0.25, -0.2) is 0 Å². The lowest BCUT2D eigenvalue weighted by molar-refractivity contribution is 0.501. The summed E-state index contributed by atoms with van der Waals surface area (Å²) in [4.78, 5) is 17.7. The predicted octanol–water partition coefficient (Wildman–Crippen LogP) is 1.64. The van der Waals surface area contributed by atoms with E-state index in [2.05, 4.69) is 9.97 Å². The number of oxazole rings is 1. The fourth-order valence-corrected chi connectivity index (χ4v) is 1.11. The Kier molecular flexibility index (Phi) is 1.69. The van der Waals surface area contributed by atoms with Crippen LogP contribution in [-0.4, -0.2) is 9.97 Å². The number of aromatic amines is 1. The van der Waals surface area contributed by atoms with Crippen molar-refractivity contribution in [3.63, 3.8) is 0 Å². The number of rotatable bonds is 1. The van der Waals surface area contributed by atoms with Gasteiger partial charge < -0.3 is 9.40 Å². The molecule has 0 spiro atoms. The van der Waals surface area contributed by atoms with E-state index in [-0.39, 0.29) is 11.5 Å². The van der Waals surface area contributed by atoms with Crippen molar-refractivity contribution in [3.05, 3.63) is 28.4 Å². The van der Waals surface area contributed by atoms with Gasteiger partial charge in [0.05, 0.1) is 0 Å². The van der Waals surface area contributed by atoms with Crippen LogP contribution in [0.2, 0.25) is 0 Å². The first-order chi connectivity index (χ1) is 6.16. The third-order valence-corrected chi connectivity index (χ3v) is 1.79. The maximum atomic E-state index is 10.9. The molecule has 0 radical (unpaired) electrons. The van der Waals surface area contributed by atoms with Crippen molar-refractivity contribution >= 4 is 11.2 Å². The second-order valence-electron chi connectivity index (χ2n) is 3.24. The van der Waals surface area contributed by atoms with Crippen molar-refractivity contribution in [1.29, 1.82) is 0 Å². The zero-order valence-corrected chi connectivity index (χ0v) is 7.50. The maximum absolute atomic E-state index is 10.9. The molecule has 1 N–H and O–H groups in total. The number of pyridine rings is 1. The largest absolute Gasteiger partial charge is 0.439 e. The highest BCUT2D eigenvalue weighted by Crippen LogP contribution is 2.17. The van der Waals surface area contributed by atoms with Gasteiger partial charge >= 0.3 is 0 Å². The highest BCUT2D eigenvalue weighted by atomic mass is 16.3. The molecule has 0 saturated heterocycles. The Morgan fingerprint density at radius 1 is 1.46 bits per heavy atom. The van der Waals surface area contributed by atoms with Crippen molar-refractivity contribution in [2.24, 2.45) is 0 Å². The molecule has 0 bridgehead atoms. The fraction of sp³-hybridized carbons (Fsp3) is 0.333. The van der Waals surface area contributed by atoms with E-state index in [4.69, 9.17) is 4.42 Å². The molecule has 2 aromatic heterocycles. The molecule has 0 aliphatic heterocycles. The molecule has 13 heavy (non-hydrogen) atoms. The molecule has 0 saturated carbocycles. The van der Waals surface area contributed by atoms with Gasteiger partial charge in [0.2, 0.25) is 5.56 Å². The number of nitrogens with zero attached hydrogens (tertiary/aromatic N) is 1. The summed E-state index contributed by atoms with van der Waals surface area (Å²) < 4.78 is 5.40. The van der Waals surface area contributed by atoms with Crippen molar-refractivity contribution in [3.8, 4) is 0 Å². The molecule has 4 nitrogen and oxygen atoms in total. The lowest BCUT2D eigenvalue weighted by atomic mass is 10.2. The minimum atomic E-state index is -0.156. The van der Waals surface area contributed by atoms with E-state index in [9.17, 15) is 4.79 Å². The van der Waals surface area contributed by atoms with Gasteiger partial charge in [0.25, 0.3) is 0 Å². The first kappa shape index (κ1) is 8.04. The Hall–Kier alpha value is -1.58. The normalized spacial score (nSPS) is 11.3. The smallest absolute Gasteiger partial charge is 0.249 e. The monoisotopic (exact) mass is 178 g/mol. The van der Waals surface area contributed by atoms with Gasteiger partial charge in [-0.05, 0) is 6.07 Å². The van der Waals surface area contributed by atoms with Gasteiger partial charge in [0.1, 0.15) is 0 Å². The number of aromatic nitrogens is 2. The minimum absolute atomic E-state index is 0.156. The molecule has 0 aliphatic carbocycles. The molecule has 0 atom stereocenters. The average Bonchev–Trinajstić information content (AvgIpc) is 2.46. The Labute approximate surface area is 74.6 Å². The third-order valence-electron chi connectivity index (χ3n) is 1.79. The Morgan fingerprint density at radius 3 is 2.92 bits per heavy atom. The molecule has 0 aromatic carbocycles. The van der Waals surface area contributed by atoms with E-state index < -0.39 is 0 Å². The topological polar surface area (TPSA) is 58.9 Å². The molecule has 0 amide bonds. The Morgan fingerprint density at radius 2 is 2.23 bits per heavy atom. The van der Waals surface area contributed by atoms with Crippen LogP contribution in [0.4, 0.5) is 0 Å². The van der Waals surface area contributed by atoms with Gasteiger partial charge in [0, 0.05) is 12.0 Å². The van der Waals surface area contributed by atoms with Crippen molar-refractivity contribution in [1.82, 2.24) is 9.97 Å². The average molecular weight is 178 g/mol. The van der Waals surface area contributed by atoms with E-state index >= 15 is 0 Å². The van der Waals surface area contributed by atoms with E-state index in [0.29, 0.717) is 17.1 Å². The zero-order valence-electron chi connectivity index (χ0n) is 7.50. The van der Waals surface area contributed by atoms with Gasteiger partial charge in [-0.3, -0.25) is 4.79 Å². The summed E-state index contributed by atoms with van der Waals surface area (Å²) >= 11 is 0. The summed E-state index contributed by atoms with van der Waals surface area (Å²) in [7, 11) is 0. The Bertz CT molecular complexity index is 482. The maximum Gasteiger partial charge on any atom is 0.249 e. The highest BCUT2D eigenvalue weighted by molar-refractivity contribution is 5.66. The van der Waals surface area contributed by atoms with Crippen LogP contribution < -0.4 is 5.56 Å². The number of nitrogens with one attached hydrogen (secondary N) is 1. The fourth-order valence-electron chi connectivity index (χ4n) is 1.11. The van der Waals surface area contributed by atoms with Gasteiger partial charge in [0.15, 0.2) is 17.1 Å². The highest BCUT2D eigenvalue weighted by Gasteiger charge is 2.08. The molecule has 68 valence electrons. The molecule has 2 aromatic rings. The van der Waals surface area contributed by atoms with Crippen LogP contribution in [-0.2, 0) is 0 Å². The van der Waals surface area contributed by atoms with E-state index in [1.165, 1.54) is 6.07 Å². The van der Waals surface area contributed by atoms with Gasteiger partial charge in [-0.1, -0.05) is 13.8 Å². The Balaban J connectivity index is 2.69. The van der Waals surface area contributed by atoms with Crippen LogP contribution >= 0.6 is 0 Å². The molecule has 0 fully saturated rings. The summed E-state index contributed by atoms with van der Waals surface area (Å²) in [6, 6.07) is 3.06. The van der Waals surface area contributed by atoms with Crippen molar-refractivity contribution in [2.75, 3.05) is 0 Å². The van der Waals surface area contributed by atoms with Crippen LogP contribution in [0.25, 0.3) is 11.2 Å². The summed E-state index contributed by atoms with van der Waals surface area (Å²) in [5.74, 6) is 0.882. The van der Waals surface area contributed by atoms with Gasteiger partial charge in [-0.2, -0.15) is 4.98 Å². The first-order valence-corrected chi connectivity index (χ1v) is 4.16. The zero-order chi connectivity index (χ0) is 9.42. The van der Waals surface area contributed by atoms with Crippen molar-refractivity contribution in [2.45, 2.75) is 19.8 Å². The summed E-state index contributed by atoms with van der Waals surface area (Å²) in [6.45, 7) is 3.98. The molecule has 2 rings (SSSR count). The van der Waals surface area contributed by atoms with Crippen LogP contribution in [0.1, 0.15) is 25.7 Å². The van der Waals surface area contributed by atoms with Crippen LogP contribution in [0.5, 0.6) is 0 Å². The molecular formula is C9H10N2O2. The SMILES string of the molecule is CC(C)c1nc2[nH]c(=O)ccc2o1. The third kappa shape index (κ3) is 1.35. The first-order valence-electron chi connectivity index (χ1n) is 4.16. The molecule has 4 heteroatoms. The number of hydrogen-bond acceptors (Lipinski definition) is 3. The van der Waals surface area contributed by atoms with Crippen LogP contribution in [0, 0.1) is 0 Å². The summed E-state index contributed by atoms with van der Waals surface area (Å²) in [5.41, 5.74) is 0.996. The number of hydrogen-bond donors (Lipinski definition) is 1. The predicted molar refractivity (Wildman–Crippen MR) is 48.7 cm³/mol. The quantitative estimate of drug-likeness (QED) is 0.722.